The highest BCUT2D eigenvalue weighted by Gasteiger charge is 2.23. The highest BCUT2D eigenvalue weighted by Crippen LogP contribution is 2.45. The lowest BCUT2D eigenvalue weighted by atomic mass is 9.89. The number of hydrogen-bond donors (Lipinski definition) is 1. The number of thiophene rings is 1. The van der Waals surface area contributed by atoms with Crippen LogP contribution in [0, 0.1) is 24.1 Å². The van der Waals surface area contributed by atoms with Gasteiger partial charge in [0.2, 0.25) is 0 Å². The van der Waals surface area contributed by atoms with E-state index >= 15 is 0 Å². The van der Waals surface area contributed by atoms with Gasteiger partial charge in [0.15, 0.2) is 0 Å². The van der Waals surface area contributed by atoms with Gasteiger partial charge in [-0.25, -0.2) is 4.39 Å². The fraction of sp³-hybridized carbons (Fsp3) is 0.190. The first-order valence-corrected chi connectivity index (χ1v) is 9.04. The number of nitriles is 1. The third kappa shape index (κ3) is 2.61. The van der Waals surface area contributed by atoms with E-state index in [2.05, 4.69) is 6.07 Å². The summed E-state index contributed by atoms with van der Waals surface area (Å²) in [6, 6.07) is 12.4. The van der Waals surface area contributed by atoms with E-state index in [0.29, 0.717) is 11.3 Å². The monoisotopic (exact) mass is 349 g/mol. The van der Waals surface area contributed by atoms with Gasteiger partial charge in [-0.1, -0.05) is 6.07 Å². The minimum atomic E-state index is -0.287. The first-order chi connectivity index (χ1) is 12.1. The molecule has 124 valence electrons. The number of fused-ring (bicyclic) bond motifs is 1. The van der Waals surface area contributed by atoms with E-state index in [-0.39, 0.29) is 5.82 Å². The molecule has 0 aliphatic heterocycles. The molecule has 0 bridgehead atoms. The van der Waals surface area contributed by atoms with Crippen molar-refractivity contribution in [2.24, 2.45) is 0 Å². The van der Waals surface area contributed by atoms with Gasteiger partial charge in [0.25, 0.3) is 0 Å². The number of benzene rings is 2. The summed E-state index contributed by atoms with van der Waals surface area (Å²) >= 11 is 1.41. The van der Waals surface area contributed by atoms with Crippen LogP contribution in [0.5, 0.6) is 0 Å². The third-order valence-electron chi connectivity index (χ3n) is 4.80. The molecule has 1 saturated carbocycles. The summed E-state index contributed by atoms with van der Waals surface area (Å²) in [6.45, 7) is 1.99. The van der Waals surface area contributed by atoms with E-state index in [1.54, 1.807) is 12.1 Å². The molecule has 0 atom stereocenters. The van der Waals surface area contributed by atoms with Crippen molar-refractivity contribution < 1.29 is 9.50 Å². The van der Waals surface area contributed by atoms with Crippen LogP contribution < -0.4 is 0 Å². The molecule has 1 fully saturated rings. The van der Waals surface area contributed by atoms with Crippen molar-refractivity contribution >= 4 is 27.2 Å². The summed E-state index contributed by atoms with van der Waals surface area (Å²) in [5, 5.41) is 21.0. The fourth-order valence-corrected chi connectivity index (χ4v) is 4.45. The standard InChI is InChI=1S/C21H16FNOS/c1-12-5-6-13(11-23)9-17(12)19-16-8-7-15(22)10-18(16)25-21(19)20(24)14-3-2-4-14/h5-10,24H,2-4H2,1H3. The molecule has 0 amide bonds. The van der Waals surface area contributed by atoms with E-state index in [1.165, 1.54) is 23.5 Å². The van der Waals surface area contributed by atoms with Crippen molar-refractivity contribution in [1.29, 1.82) is 5.26 Å². The minimum absolute atomic E-state index is 0.287. The number of rotatable bonds is 2. The molecule has 1 heterocycles. The molecule has 1 aromatic heterocycles. The van der Waals surface area contributed by atoms with Crippen LogP contribution in [0.25, 0.3) is 27.0 Å². The predicted octanol–water partition coefficient (Wildman–Crippen LogP) is 6.34. The average Bonchev–Trinajstić information content (AvgIpc) is 2.92. The summed E-state index contributed by atoms with van der Waals surface area (Å²) < 4.78 is 14.5. The van der Waals surface area contributed by atoms with Gasteiger partial charge in [-0.3, -0.25) is 0 Å². The second kappa shape index (κ2) is 6.02. The maximum absolute atomic E-state index is 13.7. The second-order valence-corrected chi connectivity index (χ2v) is 7.45. The molecular formula is C21H16FNOS. The van der Waals surface area contributed by atoms with Crippen molar-refractivity contribution in [3.63, 3.8) is 0 Å². The van der Waals surface area contributed by atoms with Crippen LogP contribution in [0.15, 0.2) is 42.0 Å². The predicted molar refractivity (Wildman–Crippen MR) is 100 cm³/mol. The number of halogens is 1. The van der Waals surface area contributed by atoms with Gasteiger partial charge in [0.05, 0.1) is 16.5 Å². The highest BCUT2D eigenvalue weighted by atomic mass is 32.1. The average molecular weight is 349 g/mol. The Labute approximate surface area is 149 Å². The largest absolute Gasteiger partial charge is 0.506 e. The Kier molecular flexibility index (Phi) is 3.82. The van der Waals surface area contributed by atoms with Crippen molar-refractivity contribution in [3.05, 3.63) is 63.8 Å². The number of nitrogens with zero attached hydrogens (tertiary/aromatic N) is 1. The Morgan fingerprint density at radius 2 is 2.00 bits per heavy atom. The maximum atomic E-state index is 13.7. The Bertz CT molecular complexity index is 1070. The Hall–Kier alpha value is -2.64. The van der Waals surface area contributed by atoms with Gasteiger partial charge in [-0.2, -0.15) is 5.26 Å². The van der Waals surface area contributed by atoms with Gasteiger partial charge >= 0.3 is 0 Å². The molecule has 0 unspecified atom stereocenters. The summed E-state index contributed by atoms with van der Waals surface area (Å²) in [6.07, 6.45) is 2.91. The lowest BCUT2D eigenvalue weighted by molar-refractivity contribution is 0.488. The number of hydrogen-bond acceptors (Lipinski definition) is 3. The first-order valence-electron chi connectivity index (χ1n) is 8.23. The van der Waals surface area contributed by atoms with Crippen LogP contribution in [0.3, 0.4) is 0 Å². The lowest BCUT2D eigenvalue weighted by Gasteiger charge is -2.19. The Morgan fingerprint density at radius 3 is 2.68 bits per heavy atom. The molecule has 4 rings (SSSR count). The third-order valence-corrected chi connectivity index (χ3v) is 5.95. The van der Waals surface area contributed by atoms with Gasteiger partial charge in [-0.05, 0) is 73.2 Å². The van der Waals surface area contributed by atoms with Gasteiger partial charge < -0.3 is 5.11 Å². The zero-order chi connectivity index (χ0) is 17.6. The zero-order valence-electron chi connectivity index (χ0n) is 13.8. The Morgan fingerprint density at radius 1 is 1.20 bits per heavy atom. The van der Waals surface area contributed by atoms with Crippen LogP contribution in [0.2, 0.25) is 0 Å². The first kappa shape index (κ1) is 15.9. The van der Waals surface area contributed by atoms with Crippen molar-refractivity contribution in [2.45, 2.75) is 26.2 Å². The Balaban J connectivity index is 2.06. The number of aryl methyl sites for hydroxylation is 1. The van der Waals surface area contributed by atoms with E-state index < -0.39 is 0 Å². The van der Waals surface area contributed by atoms with Gasteiger partial charge in [0, 0.05) is 15.6 Å². The zero-order valence-corrected chi connectivity index (χ0v) is 14.6. The van der Waals surface area contributed by atoms with E-state index in [4.69, 9.17) is 0 Å². The number of allylic oxidation sites excluding steroid dienone is 1. The van der Waals surface area contributed by atoms with Crippen molar-refractivity contribution in [1.82, 2.24) is 0 Å². The molecule has 0 spiro atoms. The normalized spacial score (nSPS) is 13.6. The topological polar surface area (TPSA) is 44.0 Å². The molecule has 2 nitrogen and oxygen atoms in total. The molecule has 1 N–H and O–H groups in total. The quantitative estimate of drug-likeness (QED) is 0.549. The second-order valence-electron chi connectivity index (χ2n) is 6.39. The van der Waals surface area contributed by atoms with E-state index in [9.17, 15) is 14.8 Å². The highest BCUT2D eigenvalue weighted by molar-refractivity contribution is 7.20. The minimum Gasteiger partial charge on any atom is -0.506 e. The molecular weight excluding hydrogens is 333 g/mol. The van der Waals surface area contributed by atoms with Crippen molar-refractivity contribution in [2.75, 3.05) is 0 Å². The molecule has 25 heavy (non-hydrogen) atoms. The molecule has 0 radical (unpaired) electrons. The molecule has 0 saturated heterocycles. The van der Waals surface area contributed by atoms with Crippen LogP contribution in [0.1, 0.15) is 35.3 Å². The van der Waals surface area contributed by atoms with Gasteiger partial charge in [0.1, 0.15) is 11.6 Å². The molecule has 1 aliphatic carbocycles. The molecule has 1 aliphatic rings. The molecule has 2 aromatic carbocycles. The molecule has 3 aromatic rings. The molecule has 4 heteroatoms. The van der Waals surface area contributed by atoms with Crippen LogP contribution in [0.4, 0.5) is 4.39 Å². The van der Waals surface area contributed by atoms with Crippen LogP contribution in [-0.2, 0) is 0 Å². The van der Waals surface area contributed by atoms with Gasteiger partial charge in [-0.15, -0.1) is 11.3 Å². The van der Waals surface area contributed by atoms with Crippen LogP contribution in [-0.4, -0.2) is 5.11 Å². The summed E-state index contributed by atoms with van der Waals surface area (Å²) in [5.74, 6) is 0.0368. The smallest absolute Gasteiger partial charge is 0.132 e. The number of aliphatic hydroxyl groups is 1. The SMILES string of the molecule is Cc1ccc(C#N)cc1-c1c(C(O)=C2CCC2)sc2cc(F)ccc12. The van der Waals surface area contributed by atoms with E-state index in [0.717, 1.165) is 56.5 Å². The van der Waals surface area contributed by atoms with Crippen LogP contribution >= 0.6 is 11.3 Å². The lowest BCUT2D eigenvalue weighted by Crippen LogP contribution is -2.01. The van der Waals surface area contributed by atoms with Crippen molar-refractivity contribution in [3.8, 4) is 17.2 Å². The fourth-order valence-electron chi connectivity index (χ4n) is 3.22. The summed E-state index contributed by atoms with van der Waals surface area (Å²) in [4.78, 5) is 0.772. The van der Waals surface area contributed by atoms with E-state index in [1.807, 2.05) is 19.1 Å². The summed E-state index contributed by atoms with van der Waals surface area (Å²) in [5.41, 5.74) is 4.46. The maximum Gasteiger partial charge on any atom is 0.132 e. The summed E-state index contributed by atoms with van der Waals surface area (Å²) in [7, 11) is 0. The number of aliphatic hydroxyl groups excluding tert-OH is 1.